The van der Waals surface area contributed by atoms with Crippen molar-refractivity contribution in [1.82, 2.24) is 20.0 Å². The molecule has 1 fully saturated rings. The third-order valence-electron chi connectivity index (χ3n) is 5.00. The zero-order valence-electron chi connectivity index (χ0n) is 13.7. The number of hydrogen-bond donors (Lipinski definition) is 1. The van der Waals surface area contributed by atoms with Gasteiger partial charge in [-0.25, -0.2) is 0 Å². The second kappa shape index (κ2) is 6.27. The van der Waals surface area contributed by atoms with Crippen LogP contribution in [0, 0.1) is 0 Å². The second-order valence-corrected chi connectivity index (χ2v) is 6.20. The quantitative estimate of drug-likeness (QED) is 0.897. The predicted octanol–water partition coefficient (Wildman–Crippen LogP) is 2.33. The first-order valence-corrected chi connectivity index (χ1v) is 8.04. The number of piperazine rings is 1. The van der Waals surface area contributed by atoms with Gasteiger partial charge in [-0.15, -0.1) is 0 Å². The lowest BCUT2D eigenvalue weighted by Crippen LogP contribution is -2.63. The van der Waals surface area contributed by atoms with E-state index in [1.165, 1.54) is 24.2 Å². The van der Waals surface area contributed by atoms with E-state index in [2.05, 4.69) is 60.8 Å². The Kier molecular flexibility index (Phi) is 4.86. The van der Waals surface area contributed by atoms with Gasteiger partial charge in [-0.1, -0.05) is 20.8 Å². The van der Waals surface area contributed by atoms with E-state index in [-0.39, 0.29) is 0 Å². The molecule has 0 spiro atoms. The van der Waals surface area contributed by atoms with Gasteiger partial charge in [0, 0.05) is 38.3 Å². The lowest BCUT2D eigenvalue weighted by molar-refractivity contribution is 0.0259. The third kappa shape index (κ3) is 2.91. The lowest BCUT2D eigenvalue weighted by atomic mass is 9.87. The lowest BCUT2D eigenvalue weighted by Gasteiger charge is -2.49. The van der Waals surface area contributed by atoms with Gasteiger partial charge in [0.1, 0.15) is 0 Å². The van der Waals surface area contributed by atoms with Crippen molar-refractivity contribution in [1.29, 1.82) is 0 Å². The molecule has 1 aromatic heterocycles. The van der Waals surface area contributed by atoms with Gasteiger partial charge in [-0.05, 0) is 32.3 Å². The molecule has 0 amide bonds. The zero-order valence-corrected chi connectivity index (χ0v) is 13.7. The highest BCUT2D eigenvalue weighted by molar-refractivity contribution is 5.11. The Bertz CT molecular complexity index is 434. The number of hydrogen-bond acceptors (Lipinski definition) is 3. The van der Waals surface area contributed by atoms with Crippen molar-refractivity contribution < 1.29 is 0 Å². The highest BCUT2D eigenvalue weighted by Gasteiger charge is 2.37. The molecular formula is C16H30N4. The number of aryl methyl sites for hydroxylation is 2. The maximum Gasteiger partial charge on any atom is 0.0625 e. The minimum atomic E-state index is 0.295. The summed E-state index contributed by atoms with van der Waals surface area (Å²) >= 11 is 0. The molecular weight excluding hydrogens is 248 g/mol. The van der Waals surface area contributed by atoms with Gasteiger partial charge in [-0.2, -0.15) is 5.10 Å². The summed E-state index contributed by atoms with van der Waals surface area (Å²) < 4.78 is 2.06. The van der Waals surface area contributed by atoms with Crippen molar-refractivity contribution in [3.8, 4) is 0 Å². The van der Waals surface area contributed by atoms with Crippen molar-refractivity contribution in [3.63, 3.8) is 0 Å². The Labute approximate surface area is 123 Å². The average molecular weight is 278 g/mol. The van der Waals surface area contributed by atoms with E-state index < -0.39 is 0 Å². The van der Waals surface area contributed by atoms with Crippen LogP contribution in [0.25, 0.3) is 0 Å². The molecule has 4 nitrogen and oxygen atoms in total. The number of aromatic nitrogens is 2. The van der Waals surface area contributed by atoms with Crippen molar-refractivity contribution >= 4 is 0 Å². The summed E-state index contributed by atoms with van der Waals surface area (Å²) in [7, 11) is 2.07. The minimum Gasteiger partial charge on any atom is -0.311 e. The molecule has 1 atom stereocenters. The fourth-order valence-electron chi connectivity index (χ4n) is 3.33. The van der Waals surface area contributed by atoms with Crippen LogP contribution in [0.3, 0.4) is 0 Å². The average Bonchev–Trinajstić information content (AvgIpc) is 2.81. The molecule has 1 aliphatic rings. The maximum absolute atomic E-state index is 4.59. The number of nitrogens with zero attached hydrogens (tertiary/aromatic N) is 3. The van der Waals surface area contributed by atoms with Crippen LogP contribution in [0.2, 0.25) is 0 Å². The normalized spacial score (nSPS) is 23.1. The van der Waals surface area contributed by atoms with Gasteiger partial charge in [-0.3, -0.25) is 9.58 Å². The Morgan fingerprint density at radius 3 is 2.60 bits per heavy atom. The van der Waals surface area contributed by atoms with Gasteiger partial charge in [0.25, 0.3) is 0 Å². The largest absolute Gasteiger partial charge is 0.311 e. The monoisotopic (exact) mass is 278 g/mol. The van der Waals surface area contributed by atoms with Crippen LogP contribution in [0.1, 0.15) is 51.9 Å². The van der Waals surface area contributed by atoms with Crippen LogP contribution in [-0.4, -0.2) is 39.4 Å². The molecule has 0 radical (unpaired) electrons. The molecule has 4 heteroatoms. The first-order chi connectivity index (χ1) is 9.54. The summed E-state index contributed by atoms with van der Waals surface area (Å²) in [5, 5.41) is 8.24. The molecule has 20 heavy (non-hydrogen) atoms. The van der Waals surface area contributed by atoms with Crippen molar-refractivity contribution in [2.45, 2.75) is 65.1 Å². The van der Waals surface area contributed by atoms with Gasteiger partial charge in [0.05, 0.1) is 11.4 Å². The summed E-state index contributed by atoms with van der Waals surface area (Å²) in [6, 6.07) is 2.84. The molecule has 1 unspecified atom stereocenters. The molecule has 0 aromatic carbocycles. The van der Waals surface area contributed by atoms with Gasteiger partial charge in [0.15, 0.2) is 0 Å². The summed E-state index contributed by atoms with van der Waals surface area (Å²) in [6.45, 7) is 12.3. The Hall–Kier alpha value is -0.870. The van der Waals surface area contributed by atoms with Gasteiger partial charge < -0.3 is 5.32 Å². The first-order valence-electron chi connectivity index (χ1n) is 8.04. The molecule has 1 aromatic rings. The summed E-state index contributed by atoms with van der Waals surface area (Å²) in [4.78, 5) is 2.67. The Morgan fingerprint density at radius 2 is 2.05 bits per heavy atom. The summed E-state index contributed by atoms with van der Waals surface area (Å²) in [6.07, 6.45) is 3.40. The molecule has 1 aliphatic heterocycles. The molecule has 0 aliphatic carbocycles. The Morgan fingerprint density at radius 1 is 1.35 bits per heavy atom. The van der Waals surface area contributed by atoms with Gasteiger partial charge in [0.2, 0.25) is 0 Å². The van der Waals surface area contributed by atoms with Crippen LogP contribution >= 0.6 is 0 Å². The molecule has 1 saturated heterocycles. The third-order valence-corrected chi connectivity index (χ3v) is 5.00. The second-order valence-electron chi connectivity index (χ2n) is 6.20. The fourth-order valence-corrected chi connectivity index (χ4v) is 3.33. The standard InChI is InChI=1S/C16H30N4/c1-6-14-9-15(19(5)18-14)11-20-10-13(4)17-12-16(20,7-2)8-3/h9,13,17H,6-8,10-12H2,1-5H3. The van der Waals surface area contributed by atoms with E-state index >= 15 is 0 Å². The van der Waals surface area contributed by atoms with E-state index in [9.17, 15) is 0 Å². The van der Waals surface area contributed by atoms with E-state index in [0.717, 1.165) is 26.1 Å². The number of nitrogens with one attached hydrogen (secondary N) is 1. The highest BCUT2D eigenvalue weighted by atomic mass is 15.3. The molecule has 2 rings (SSSR count). The van der Waals surface area contributed by atoms with Crippen molar-refractivity contribution in [2.24, 2.45) is 7.05 Å². The smallest absolute Gasteiger partial charge is 0.0625 e. The van der Waals surface area contributed by atoms with E-state index in [0.29, 0.717) is 11.6 Å². The number of rotatable bonds is 5. The molecule has 0 saturated carbocycles. The molecule has 2 heterocycles. The maximum atomic E-state index is 4.59. The van der Waals surface area contributed by atoms with Crippen LogP contribution in [-0.2, 0) is 20.0 Å². The van der Waals surface area contributed by atoms with Crippen molar-refractivity contribution in [2.75, 3.05) is 13.1 Å². The topological polar surface area (TPSA) is 33.1 Å². The van der Waals surface area contributed by atoms with E-state index in [4.69, 9.17) is 0 Å². The Balaban J connectivity index is 2.20. The minimum absolute atomic E-state index is 0.295. The van der Waals surface area contributed by atoms with E-state index in [1.807, 2.05) is 0 Å². The highest BCUT2D eigenvalue weighted by Crippen LogP contribution is 2.28. The van der Waals surface area contributed by atoms with Gasteiger partial charge >= 0.3 is 0 Å². The van der Waals surface area contributed by atoms with Crippen LogP contribution in [0.15, 0.2) is 6.07 Å². The summed E-state index contributed by atoms with van der Waals surface area (Å²) in [5.41, 5.74) is 2.83. The SMILES string of the molecule is CCc1cc(CN2CC(C)NCC2(CC)CC)n(C)n1. The summed E-state index contributed by atoms with van der Waals surface area (Å²) in [5.74, 6) is 0. The van der Waals surface area contributed by atoms with Crippen LogP contribution in [0.5, 0.6) is 0 Å². The van der Waals surface area contributed by atoms with Crippen LogP contribution in [0.4, 0.5) is 0 Å². The fraction of sp³-hybridized carbons (Fsp3) is 0.812. The first kappa shape index (κ1) is 15.5. The molecule has 0 bridgehead atoms. The predicted molar refractivity (Wildman–Crippen MR) is 83.8 cm³/mol. The van der Waals surface area contributed by atoms with Crippen molar-refractivity contribution in [3.05, 3.63) is 17.5 Å². The van der Waals surface area contributed by atoms with Crippen LogP contribution < -0.4 is 5.32 Å². The zero-order chi connectivity index (χ0) is 14.8. The molecule has 114 valence electrons. The van der Waals surface area contributed by atoms with E-state index in [1.54, 1.807) is 0 Å². The molecule has 1 N–H and O–H groups in total.